The molecule has 1 fully saturated rings. The summed E-state index contributed by atoms with van der Waals surface area (Å²) >= 11 is 0. The van der Waals surface area contributed by atoms with E-state index in [0.29, 0.717) is 12.6 Å². The minimum atomic E-state index is -0.592. The van der Waals surface area contributed by atoms with Crippen LogP contribution < -0.4 is 11.1 Å². The topological polar surface area (TPSA) is 61.6 Å². The number of rotatable bonds is 6. The number of likely N-dealkylation sites (N-methyl/N-ethyl adjacent to an activating group) is 1. The van der Waals surface area contributed by atoms with Crippen LogP contribution in [0, 0.1) is 0 Å². The Kier molecular flexibility index (Phi) is 14.5. The molecule has 25 heavy (non-hydrogen) atoms. The molecule has 0 spiro atoms. The predicted molar refractivity (Wildman–Crippen MR) is 111 cm³/mol. The Morgan fingerprint density at radius 1 is 1.12 bits per heavy atom. The van der Waals surface area contributed by atoms with Crippen molar-refractivity contribution in [2.24, 2.45) is 5.73 Å². The summed E-state index contributed by atoms with van der Waals surface area (Å²) in [6.07, 6.45) is 0. The first-order valence-electron chi connectivity index (χ1n) is 8.16. The summed E-state index contributed by atoms with van der Waals surface area (Å²) in [5.74, 6) is -0.106. The maximum atomic E-state index is 12.2. The third kappa shape index (κ3) is 8.11. The molecule has 8 heteroatoms. The van der Waals surface area contributed by atoms with E-state index in [1.54, 1.807) is 0 Å². The number of nitrogens with zero attached hydrogens (tertiary/aromatic N) is 2. The molecule has 2 atom stereocenters. The number of amides is 1. The second kappa shape index (κ2) is 13.6. The normalized spacial score (nSPS) is 17.2. The number of nitrogens with two attached hydrogens (primary N) is 1. The van der Waals surface area contributed by atoms with Crippen LogP contribution in [0.4, 0.5) is 0 Å². The van der Waals surface area contributed by atoms with Crippen LogP contribution in [0.25, 0.3) is 0 Å². The largest absolute Gasteiger partial charge is 0.353 e. The lowest BCUT2D eigenvalue weighted by molar-refractivity contribution is -0.122. The van der Waals surface area contributed by atoms with Crippen LogP contribution in [0.15, 0.2) is 30.3 Å². The maximum absolute atomic E-state index is 12.2. The SMILES string of the molecule is CCN1CCN(C(C)CNC(=O)C(N)c2ccccc2)CC1.Cl.Cl.Cl. The summed E-state index contributed by atoms with van der Waals surface area (Å²) in [5.41, 5.74) is 6.86. The van der Waals surface area contributed by atoms with E-state index in [2.05, 4.69) is 29.0 Å². The molecule has 5 nitrogen and oxygen atoms in total. The molecule has 0 radical (unpaired) electrons. The Morgan fingerprint density at radius 3 is 2.20 bits per heavy atom. The van der Waals surface area contributed by atoms with Gasteiger partial charge >= 0.3 is 0 Å². The van der Waals surface area contributed by atoms with Crippen LogP contribution in [0.3, 0.4) is 0 Å². The zero-order chi connectivity index (χ0) is 15.9. The summed E-state index contributed by atoms with van der Waals surface area (Å²) in [6.45, 7) is 10.5. The molecule has 1 heterocycles. The first kappa shape index (κ1) is 26.7. The Bertz CT molecular complexity index is 470. The Hall–Kier alpha value is -0.560. The lowest BCUT2D eigenvalue weighted by Crippen LogP contribution is -2.52. The van der Waals surface area contributed by atoms with Gasteiger partial charge in [-0.25, -0.2) is 0 Å². The smallest absolute Gasteiger partial charge is 0.241 e. The summed E-state index contributed by atoms with van der Waals surface area (Å²) in [6, 6.07) is 9.24. The fourth-order valence-electron chi connectivity index (χ4n) is 2.82. The molecular formula is C17H31Cl3N4O. The number of nitrogens with one attached hydrogen (secondary N) is 1. The van der Waals surface area contributed by atoms with E-state index in [0.717, 1.165) is 38.3 Å². The molecule has 3 N–H and O–H groups in total. The molecule has 0 aromatic heterocycles. The van der Waals surface area contributed by atoms with Gasteiger partial charge in [-0.15, -0.1) is 37.2 Å². The third-order valence-electron chi connectivity index (χ3n) is 4.49. The molecule has 0 aliphatic carbocycles. The van der Waals surface area contributed by atoms with Crippen LogP contribution in [-0.4, -0.2) is 61.0 Å². The fourth-order valence-corrected chi connectivity index (χ4v) is 2.82. The number of hydrogen-bond acceptors (Lipinski definition) is 4. The van der Waals surface area contributed by atoms with Crippen LogP contribution in [0.5, 0.6) is 0 Å². The van der Waals surface area contributed by atoms with Crippen LogP contribution in [-0.2, 0) is 4.79 Å². The van der Waals surface area contributed by atoms with E-state index < -0.39 is 6.04 Å². The summed E-state index contributed by atoms with van der Waals surface area (Å²) < 4.78 is 0. The van der Waals surface area contributed by atoms with Gasteiger partial charge in [0.05, 0.1) is 0 Å². The van der Waals surface area contributed by atoms with Crippen molar-refractivity contribution in [1.29, 1.82) is 0 Å². The van der Waals surface area contributed by atoms with Crippen molar-refractivity contribution in [1.82, 2.24) is 15.1 Å². The van der Waals surface area contributed by atoms with Gasteiger partial charge in [0.1, 0.15) is 6.04 Å². The highest BCUT2D eigenvalue weighted by molar-refractivity contribution is 5.86. The molecule has 0 saturated carbocycles. The van der Waals surface area contributed by atoms with E-state index >= 15 is 0 Å². The van der Waals surface area contributed by atoms with Gasteiger partial charge in [-0.2, -0.15) is 0 Å². The summed E-state index contributed by atoms with van der Waals surface area (Å²) in [7, 11) is 0. The zero-order valence-corrected chi connectivity index (χ0v) is 17.3. The van der Waals surface area contributed by atoms with E-state index in [4.69, 9.17) is 5.73 Å². The molecule has 2 unspecified atom stereocenters. The van der Waals surface area contributed by atoms with E-state index in [-0.39, 0.29) is 43.1 Å². The van der Waals surface area contributed by atoms with Gasteiger partial charge < -0.3 is 16.0 Å². The summed E-state index contributed by atoms with van der Waals surface area (Å²) in [4.78, 5) is 17.0. The van der Waals surface area contributed by atoms with Gasteiger partial charge in [-0.1, -0.05) is 37.3 Å². The highest BCUT2D eigenvalue weighted by Gasteiger charge is 2.21. The zero-order valence-electron chi connectivity index (χ0n) is 14.9. The average molecular weight is 414 g/mol. The lowest BCUT2D eigenvalue weighted by Gasteiger charge is -2.37. The van der Waals surface area contributed by atoms with Crippen LogP contribution in [0.2, 0.25) is 0 Å². The molecule has 1 aromatic rings. The number of benzene rings is 1. The van der Waals surface area contributed by atoms with E-state index in [1.807, 2.05) is 30.3 Å². The quantitative estimate of drug-likeness (QED) is 0.749. The Morgan fingerprint density at radius 2 is 1.68 bits per heavy atom. The van der Waals surface area contributed by atoms with E-state index in [1.165, 1.54) is 0 Å². The predicted octanol–water partition coefficient (Wildman–Crippen LogP) is 2.09. The number of piperazine rings is 1. The van der Waals surface area contributed by atoms with Gasteiger partial charge in [0, 0.05) is 38.8 Å². The average Bonchev–Trinajstić information content (AvgIpc) is 2.59. The third-order valence-corrected chi connectivity index (χ3v) is 4.49. The van der Waals surface area contributed by atoms with Crippen molar-refractivity contribution in [3.8, 4) is 0 Å². The van der Waals surface area contributed by atoms with Crippen molar-refractivity contribution >= 4 is 43.1 Å². The first-order chi connectivity index (χ1) is 10.6. The highest BCUT2D eigenvalue weighted by Crippen LogP contribution is 2.10. The summed E-state index contributed by atoms with van der Waals surface area (Å²) in [5, 5.41) is 2.98. The molecule has 1 amide bonds. The van der Waals surface area contributed by atoms with Gasteiger partial charge in [-0.05, 0) is 19.0 Å². The second-order valence-electron chi connectivity index (χ2n) is 5.95. The van der Waals surface area contributed by atoms with Crippen LogP contribution >= 0.6 is 37.2 Å². The molecule has 1 aromatic carbocycles. The number of hydrogen-bond donors (Lipinski definition) is 2. The van der Waals surface area contributed by atoms with Crippen LogP contribution in [0.1, 0.15) is 25.5 Å². The molecule has 0 bridgehead atoms. The van der Waals surface area contributed by atoms with Crippen molar-refractivity contribution in [2.75, 3.05) is 39.3 Å². The van der Waals surface area contributed by atoms with Crippen molar-refractivity contribution in [3.63, 3.8) is 0 Å². The number of carbonyl (C=O) groups excluding carboxylic acids is 1. The highest BCUT2D eigenvalue weighted by atomic mass is 35.5. The lowest BCUT2D eigenvalue weighted by atomic mass is 10.1. The first-order valence-corrected chi connectivity index (χ1v) is 8.16. The van der Waals surface area contributed by atoms with Crippen molar-refractivity contribution in [3.05, 3.63) is 35.9 Å². The Labute approximate surface area is 169 Å². The van der Waals surface area contributed by atoms with E-state index in [9.17, 15) is 4.79 Å². The molecule has 1 saturated heterocycles. The van der Waals surface area contributed by atoms with Gasteiger partial charge in [-0.3, -0.25) is 9.69 Å². The van der Waals surface area contributed by atoms with Gasteiger partial charge in [0.15, 0.2) is 0 Å². The standard InChI is InChI=1S/C17H28N4O.3ClH/c1-3-20-9-11-21(12-10-20)14(2)13-19-17(22)16(18)15-7-5-4-6-8-15;;;/h4-8,14,16H,3,9-13,18H2,1-2H3,(H,19,22);3*1H. The fraction of sp³-hybridized carbons (Fsp3) is 0.588. The molecular weight excluding hydrogens is 383 g/mol. The molecule has 1 aliphatic rings. The van der Waals surface area contributed by atoms with Crippen molar-refractivity contribution in [2.45, 2.75) is 25.9 Å². The number of carbonyl (C=O) groups is 1. The number of halogens is 3. The molecule has 2 rings (SSSR count). The monoisotopic (exact) mass is 412 g/mol. The van der Waals surface area contributed by atoms with Gasteiger partial charge in [0.2, 0.25) is 5.91 Å². The van der Waals surface area contributed by atoms with Crippen molar-refractivity contribution < 1.29 is 4.79 Å². The minimum absolute atomic E-state index is 0. The second-order valence-corrected chi connectivity index (χ2v) is 5.95. The van der Waals surface area contributed by atoms with Gasteiger partial charge in [0.25, 0.3) is 0 Å². The Balaban J connectivity index is 0. The minimum Gasteiger partial charge on any atom is -0.353 e. The molecule has 1 aliphatic heterocycles. The maximum Gasteiger partial charge on any atom is 0.241 e. The molecule has 146 valence electrons.